The molecule has 0 bridgehead atoms. The lowest BCUT2D eigenvalue weighted by Crippen LogP contribution is -2.37. The summed E-state index contributed by atoms with van der Waals surface area (Å²) in [6.45, 7) is 3.56. The number of aliphatic imine (C=N–C) groups is 1. The maximum atomic E-state index is 12.5. The highest BCUT2D eigenvalue weighted by Gasteiger charge is 2.29. The van der Waals surface area contributed by atoms with Gasteiger partial charge >= 0.3 is 6.18 Å². The number of aromatic nitrogens is 3. The van der Waals surface area contributed by atoms with Crippen LogP contribution in [0.5, 0.6) is 0 Å². The second-order valence-corrected chi connectivity index (χ2v) is 5.01. The van der Waals surface area contributed by atoms with Gasteiger partial charge in [-0.25, -0.2) is 0 Å². The fourth-order valence-electron chi connectivity index (χ4n) is 2.06. The van der Waals surface area contributed by atoms with Crippen molar-refractivity contribution < 1.29 is 13.2 Å². The van der Waals surface area contributed by atoms with Crippen molar-refractivity contribution in [1.29, 1.82) is 0 Å². The number of guanidine groups is 1. The van der Waals surface area contributed by atoms with Gasteiger partial charge in [0.25, 0.3) is 0 Å². The molecule has 0 amide bonds. The highest BCUT2D eigenvalue weighted by Crippen LogP contribution is 2.28. The second-order valence-electron chi connectivity index (χ2n) is 5.01. The van der Waals surface area contributed by atoms with Gasteiger partial charge in [-0.3, -0.25) is 4.99 Å². The summed E-state index contributed by atoms with van der Waals surface area (Å²) in [5.74, 6) is 1.30. The first-order valence-electron chi connectivity index (χ1n) is 7.41. The van der Waals surface area contributed by atoms with Gasteiger partial charge in [0.2, 0.25) is 0 Å². The zero-order chi connectivity index (χ0) is 17.6. The molecule has 2 aromatic rings. The lowest BCUT2D eigenvalue weighted by molar-refractivity contribution is -0.137. The third-order valence-corrected chi connectivity index (χ3v) is 3.42. The summed E-state index contributed by atoms with van der Waals surface area (Å²) >= 11 is 0. The van der Waals surface area contributed by atoms with Gasteiger partial charge in [0.1, 0.15) is 6.33 Å². The van der Waals surface area contributed by atoms with Crippen LogP contribution in [-0.4, -0.2) is 27.8 Å². The smallest absolute Gasteiger partial charge is 0.352 e. The molecule has 0 radical (unpaired) electrons. The molecule has 0 saturated carbocycles. The Balaban J connectivity index is 0.00000312. The Morgan fingerprint density at radius 1 is 1.16 bits per heavy atom. The van der Waals surface area contributed by atoms with Crippen molar-refractivity contribution in [3.8, 4) is 0 Å². The van der Waals surface area contributed by atoms with Crippen LogP contribution in [0.25, 0.3) is 0 Å². The second kappa shape index (κ2) is 9.59. The molecule has 25 heavy (non-hydrogen) atoms. The first kappa shape index (κ1) is 21.2. The third kappa shape index (κ3) is 6.18. The monoisotopic (exact) mass is 468 g/mol. The lowest BCUT2D eigenvalue weighted by atomic mass is 10.1. The van der Waals surface area contributed by atoms with E-state index in [1.54, 1.807) is 13.4 Å². The number of nitrogens with zero attached hydrogens (tertiary/aromatic N) is 4. The van der Waals surface area contributed by atoms with E-state index in [-0.39, 0.29) is 24.0 Å². The Morgan fingerprint density at radius 3 is 2.36 bits per heavy atom. The molecule has 0 aliphatic heterocycles. The van der Waals surface area contributed by atoms with E-state index >= 15 is 0 Å². The Kier molecular flexibility index (Phi) is 8.13. The van der Waals surface area contributed by atoms with Crippen LogP contribution in [0, 0.1) is 0 Å². The topological polar surface area (TPSA) is 67.1 Å². The maximum Gasteiger partial charge on any atom is 0.416 e. The zero-order valence-corrected chi connectivity index (χ0v) is 16.2. The van der Waals surface area contributed by atoms with Gasteiger partial charge in [0.15, 0.2) is 11.8 Å². The highest BCUT2D eigenvalue weighted by atomic mass is 127. The minimum absolute atomic E-state index is 0. The van der Waals surface area contributed by atoms with Crippen LogP contribution in [0.4, 0.5) is 13.2 Å². The van der Waals surface area contributed by atoms with Crippen LogP contribution in [0.15, 0.2) is 35.6 Å². The average molecular weight is 468 g/mol. The summed E-state index contributed by atoms with van der Waals surface area (Å²) in [6, 6.07) is 5.02. The van der Waals surface area contributed by atoms with Crippen LogP contribution in [0.3, 0.4) is 0 Å². The molecule has 0 aliphatic rings. The fourth-order valence-corrected chi connectivity index (χ4v) is 2.06. The lowest BCUT2D eigenvalue weighted by Gasteiger charge is -2.12. The predicted molar refractivity (Wildman–Crippen MR) is 99.6 cm³/mol. The molecule has 1 aromatic carbocycles. The largest absolute Gasteiger partial charge is 0.416 e. The minimum atomic E-state index is -4.32. The molecular formula is C15H20F3IN6. The SMILES string of the molecule is CCn1cnnc1CNC(=NC)NCc1ccc(C(F)(F)F)cc1.I. The number of halogens is 4. The Labute approximate surface area is 161 Å². The number of aryl methyl sites for hydroxylation is 1. The van der Waals surface area contributed by atoms with Gasteiger partial charge in [-0.05, 0) is 24.6 Å². The van der Waals surface area contributed by atoms with E-state index in [1.165, 1.54) is 12.1 Å². The summed E-state index contributed by atoms with van der Waals surface area (Å²) in [5.41, 5.74) is 0.0651. The van der Waals surface area contributed by atoms with Gasteiger partial charge in [-0.2, -0.15) is 13.2 Å². The molecule has 0 saturated heterocycles. The molecular weight excluding hydrogens is 448 g/mol. The van der Waals surface area contributed by atoms with Crippen LogP contribution in [0.1, 0.15) is 23.9 Å². The van der Waals surface area contributed by atoms with Crippen LogP contribution in [0.2, 0.25) is 0 Å². The number of nitrogens with one attached hydrogen (secondary N) is 2. The minimum Gasteiger partial charge on any atom is -0.352 e. The van der Waals surface area contributed by atoms with Crippen molar-refractivity contribution in [3.05, 3.63) is 47.5 Å². The normalized spacial score (nSPS) is 11.8. The molecule has 138 valence electrons. The molecule has 0 spiro atoms. The third-order valence-electron chi connectivity index (χ3n) is 3.42. The van der Waals surface area contributed by atoms with Gasteiger partial charge in [-0.15, -0.1) is 34.2 Å². The standard InChI is InChI=1S/C15H19F3N6.HI/c1-3-24-10-22-23-13(24)9-21-14(19-2)20-8-11-4-6-12(7-5-11)15(16,17)18;/h4-7,10H,3,8-9H2,1-2H3,(H2,19,20,21);1H. The average Bonchev–Trinajstić information content (AvgIpc) is 3.02. The molecule has 1 heterocycles. The summed E-state index contributed by atoms with van der Waals surface area (Å²) < 4.78 is 39.5. The van der Waals surface area contributed by atoms with Gasteiger partial charge in [0, 0.05) is 20.1 Å². The zero-order valence-electron chi connectivity index (χ0n) is 13.8. The molecule has 0 fully saturated rings. The summed E-state index contributed by atoms with van der Waals surface area (Å²) in [6.07, 6.45) is -2.67. The molecule has 10 heteroatoms. The Morgan fingerprint density at radius 2 is 1.80 bits per heavy atom. The van der Waals surface area contributed by atoms with Crippen molar-refractivity contribution in [2.45, 2.75) is 32.7 Å². The van der Waals surface area contributed by atoms with E-state index in [9.17, 15) is 13.2 Å². The van der Waals surface area contributed by atoms with Crippen molar-refractivity contribution in [2.75, 3.05) is 7.05 Å². The van der Waals surface area contributed by atoms with Crippen LogP contribution < -0.4 is 10.6 Å². The summed E-state index contributed by atoms with van der Waals surface area (Å²) in [5, 5.41) is 14.0. The maximum absolute atomic E-state index is 12.5. The quantitative estimate of drug-likeness (QED) is 0.403. The first-order chi connectivity index (χ1) is 11.4. The fraction of sp³-hybridized carbons (Fsp3) is 0.400. The van der Waals surface area contributed by atoms with E-state index < -0.39 is 11.7 Å². The summed E-state index contributed by atoms with van der Waals surface area (Å²) in [7, 11) is 1.62. The molecule has 0 unspecified atom stereocenters. The highest BCUT2D eigenvalue weighted by molar-refractivity contribution is 14.0. The van der Waals surface area contributed by atoms with E-state index in [1.807, 2.05) is 11.5 Å². The van der Waals surface area contributed by atoms with Crippen molar-refractivity contribution in [1.82, 2.24) is 25.4 Å². The molecule has 2 N–H and O–H groups in total. The predicted octanol–water partition coefficient (Wildman–Crippen LogP) is 2.80. The molecule has 2 rings (SSSR count). The van der Waals surface area contributed by atoms with Crippen molar-refractivity contribution >= 4 is 29.9 Å². The molecule has 0 atom stereocenters. The van der Waals surface area contributed by atoms with Gasteiger partial charge in [-0.1, -0.05) is 12.1 Å². The van der Waals surface area contributed by atoms with E-state index in [0.717, 1.165) is 30.1 Å². The Bertz CT molecular complexity index is 681. The van der Waals surface area contributed by atoms with Crippen molar-refractivity contribution in [3.63, 3.8) is 0 Å². The number of benzene rings is 1. The number of rotatable bonds is 5. The number of alkyl halides is 3. The summed E-state index contributed by atoms with van der Waals surface area (Å²) in [4.78, 5) is 4.07. The molecule has 0 aliphatic carbocycles. The van der Waals surface area contributed by atoms with E-state index in [2.05, 4.69) is 25.8 Å². The van der Waals surface area contributed by atoms with E-state index in [4.69, 9.17) is 0 Å². The van der Waals surface area contributed by atoms with Crippen molar-refractivity contribution in [2.24, 2.45) is 4.99 Å². The Hall–Kier alpha value is -1.85. The van der Waals surface area contributed by atoms with Crippen LogP contribution >= 0.6 is 24.0 Å². The van der Waals surface area contributed by atoms with Gasteiger partial charge < -0.3 is 15.2 Å². The first-order valence-corrected chi connectivity index (χ1v) is 7.41. The number of hydrogen-bond acceptors (Lipinski definition) is 3. The van der Waals surface area contributed by atoms with E-state index in [0.29, 0.717) is 19.0 Å². The van der Waals surface area contributed by atoms with Crippen LogP contribution in [-0.2, 0) is 25.8 Å². The number of hydrogen-bond donors (Lipinski definition) is 2. The van der Waals surface area contributed by atoms with Gasteiger partial charge in [0.05, 0.1) is 12.1 Å². The molecule has 1 aromatic heterocycles. The molecule has 6 nitrogen and oxygen atoms in total.